The number of tetrazole rings is 1. The zero-order valence-electron chi connectivity index (χ0n) is 11.1. The van der Waals surface area contributed by atoms with Gasteiger partial charge in [-0.25, -0.2) is 4.39 Å². The first kappa shape index (κ1) is 14.3. The Labute approximate surface area is 119 Å². The van der Waals surface area contributed by atoms with Gasteiger partial charge >= 0.3 is 0 Å². The van der Waals surface area contributed by atoms with Crippen LogP contribution in [0.4, 0.5) is 4.39 Å². The minimum absolute atomic E-state index is 0.129. The van der Waals surface area contributed by atoms with Crippen molar-refractivity contribution in [3.63, 3.8) is 0 Å². The molecule has 21 heavy (non-hydrogen) atoms. The van der Waals surface area contributed by atoms with Crippen molar-refractivity contribution < 1.29 is 9.18 Å². The zero-order chi connectivity index (χ0) is 15.4. The number of ketones is 1. The molecule has 1 heterocycles. The molecule has 0 aliphatic heterocycles. The Hall–Kier alpha value is -3.08. The van der Waals surface area contributed by atoms with Crippen LogP contribution in [0.1, 0.15) is 6.92 Å². The maximum Gasteiger partial charge on any atom is 0.204 e. The second-order valence-corrected chi connectivity index (χ2v) is 4.24. The van der Waals surface area contributed by atoms with Gasteiger partial charge < -0.3 is 5.73 Å². The summed E-state index contributed by atoms with van der Waals surface area (Å²) in [5.74, 6) is -0.612. The Morgan fingerprint density at radius 1 is 1.43 bits per heavy atom. The molecule has 106 valence electrons. The number of carbonyl (C=O) groups is 1. The summed E-state index contributed by atoms with van der Waals surface area (Å²) < 4.78 is 12.8. The largest absolute Gasteiger partial charge is 0.401 e. The maximum absolute atomic E-state index is 12.8. The van der Waals surface area contributed by atoms with Crippen LogP contribution in [0.2, 0.25) is 0 Å². The van der Waals surface area contributed by atoms with Gasteiger partial charge in [0, 0.05) is 11.3 Å². The molecule has 0 atom stereocenters. The number of rotatable bonds is 4. The van der Waals surface area contributed by atoms with E-state index in [9.17, 15) is 9.18 Å². The minimum Gasteiger partial charge on any atom is -0.401 e. The summed E-state index contributed by atoms with van der Waals surface area (Å²) in [5, 5.41) is 20.3. The van der Waals surface area contributed by atoms with E-state index in [1.807, 2.05) is 0 Å². The van der Waals surface area contributed by atoms with Crippen LogP contribution in [-0.4, -0.2) is 26.0 Å². The number of hydrogen-bond donors (Lipinski definition) is 1. The predicted octanol–water partition coefficient (Wildman–Crippen LogP) is 0.805. The molecule has 0 unspecified atom stereocenters. The van der Waals surface area contributed by atoms with Crippen LogP contribution in [0.3, 0.4) is 0 Å². The molecule has 0 bridgehead atoms. The average molecular weight is 286 g/mol. The van der Waals surface area contributed by atoms with Gasteiger partial charge in [-0.15, -0.1) is 10.2 Å². The van der Waals surface area contributed by atoms with Crippen LogP contribution in [-0.2, 0) is 11.3 Å². The highest BCUT2D eigenvalue weighted by Gasteiger charge is 2.14. The van der Waals surface area contributed by atoms with E-state index in [2.05, 4.69) is 15.4 Å². The summed E-state index contributed by atoms with van der Waals surface area (Å²) in [6.07, 6.45) is 0. The Morgan fingerprint density at radius 2 is 2.10 bits per heavy atom. The minimum atomic E-state index is -0.499. The number of halogens is 1. The zero-order valence-corrected chi connectivity index (χ0v) is 11.1. The van der Waals surface area contributed by atoms with Gasteiger partial charge in [0.15, 0.2) is 5.78 Å². The SMILES string of the molecule is C/C(N)=C(/C#N)C(=O)Cn1nnc(-c2ccc(F)cc2)n1. The maximum atomic E-state index is 12.8. The summed E-state index contributed by atoms with van der Waals surface area (Å²) >= 11 is 0. The highest BCUT2D eigenvalue weighted by Crippen LogP contribution is 2.13. The van der Waals surface area contributed by atoms with Crippen molar-refractivity contribution in [3.8, 4) is 17.5 Å². The van der Waals surface area contributed by atoms with Gasteiger partial charge in [-0.05, 0) is 36.4 Å². The van der Waals surface area contributed by atoms with Crippen molar-refractivity contribution in [1.29, 1.82) is 5.26 Å². The molecule has 0 amide bonds. The molecular weight excluding hydrogens is 275 g/mol. The summed E-state index contributed by atoms with van der Waals surface area (Å²) in [5.41, 5.74) is 6.03. The Bertz CT molecular complexity index is 737. The van der Waals surface area contributed by atoms with E-state index in [-0.39, 0.29) is 29.5 Å². The molecule has 0 radical (unpaired) electrons. The normalized spacial score (nSPS) is 11.7. The van der Waals surface area contributed by atoms with Gasteiger partial charge in [-0.2, -0.15) is 10.1 Å². The molecule has 7 nitrogen and oxygen atoms in total. The van der Waals surface area contributed by atoms with Crippen LogP contribution >= 0.6 is 0 Å². The van der Waals surface area contributed by atoms with E-state index in [0.29, 0.717) is 5.56 Å². The van der Waals surface area contributed by atoms with Crippen molar-refractivity contribution in [2.24, 2.45) is 5.73 Å². The van der Waals surface area contributed by atoms with Crippen LogP contribution in [0.5, 0.6) is 0 Å². The third-order valence-corrected chi connectivity index (χ3v) is 2.63. The molecule has 2 rings (SSSR count). The van der Waals surface area contributed by atoms with Crippen LogP contribution in [0, 0.1) is 17.1 Å². The van der Waals surface area contributed by atoms with Crippen LogP contribution in [0.15, 0.2) is 35.5 Å². The molecule has 2 aromatic rings. The third-order valence-electron chi connectivity index (χ3n) is 2.63. The number of nitrogens with two attached hydrogens (primary N) is 1. The topological polar surface area (TPSA) is 110 Å². The smallest absolute Gasteiger partial charge is 0.204 e. The first-order valence-electron chi connectivity index (χ1n) is 5.94. The van der Waals surface area contributed by atoms with E-state index in [4.69, 9.17) is 11.0 Å². The number of allylic oxidation sites excluding steroid dienone is 2. The molecule has 0 aliphatic rings. The van der Waals surface area contributed by atoms with Gasteiger partial charge in [0.25, 0.3) is 0 Å². The van der Waals surface area contributed by atoms with Crippen molar-refractivity contribution in [2.45, 2.75) is 13.5 Å². The molecule has 0 spiro atoms. The number of benzene rings is 1. The third kappa shape index (κ3) is 3.27. The highest BCUT2D eigenvalue weighted by atomic mass is 19.1. The van der Waals surface area contributed by atoms with Gasteiger partial charge in [0.05, 0.1) is 0 Å². The van der Waals surface area contributed by atoms with Gasteiger partial charge in [-0.3, -0.25) is 4.79 Å². The lowest BCUT2D eigenvalue weighted by Crippen LogP contribution is -2.17. The lowest BCUT2D eigenvalue weighted by atomic mass is 10.1. The molecule has 2 N–H and O–H groups in total. The average Bonchev–Trinajstić information content (AvgIpc) is 2.88. The molecule has 0 fully saturated rings. The Kier molecular flexibility index (Phi) is 4.04. The van der Waals surface area contributed by atoms with Crippen molar-refractivity contribution in [2.75, 3.05) is 0 Å². The molecule has 1 aromatic heterocycles. The van der Waals surface area contributed by atoms with E-state index in [1.54, 1.807) is 6.07 Å². The van der Waals surface area contributed by atoms with Gasteiger partial charge in [-0.1, -0.05) is 0 Å². The first-order valence-corrected chi connectivity index (χ1v) is 5.94. The molecule has 0 aliphatic carbocycles. The molecule has 8 heteroatoms. The Balaban J connectivity index is 2.18. The summed E-state index contributed by atoms with van der Waals surface area (Å²) in [6, 6.07) is 7.29. The summed E-state index contributed by atoms with van der Waals surface area (Å²) in [7, 11) is 0. The Morgan fingerprint density at radius 3 is 2.67 bits per heavy atom. The molecular formula is C13H11FN6O. The monoisotopic (exact) mass is 286 g/mol. The first-order chi connectivity index (χ1) is 10.0. The fourth-order valence-corrected chi connectivity index (χ4v) is 1.60. The second-order valence-electron chi connectivity index (χ2n) is 4.24. The number of hydrogen-bond acceptors (Lipinski definition) is 6. The van der Waals surface area contributed by atoms with Crippen molar-refractivity contribution in [3.05, 3.63) is 41.4 Å². The van der Waals surface area contributed by atoms with Crippen molar-refractivity contribution >= 4 is 5.78 Å². The lowest BCUT2D eigenvalue weighted by molar-refractivity contribution is -0.116. The fourth-order valence-electron chi connectivity index (χ4n) is 1.60. The van der Waals surface area contributed by atoms with E-state index >= 15 is 0 Å². The fraction of sp³-hybridized carbons (Fsp3) is 0.154. The number of carbonyl (C=O) groups excluding carboxylic acids is 1. The van der Waals surface area contributed by atoms with E-state index < -0.39 is 5.78 Å². The van der Waals surface area contributed by atoms with E-state index in [1.165, 1.54) is 31.2 Å². The number of aromatic nitrogens is 4. The molecule has 1 aromatic carbocycles. The number of Topliss-reactive ketones (excluding diaryl/α,β-unsaturated/α-hetero) is 1. The van der Waals surface area contributed by atoms with E-state index in [0.717, 1.165) is 4.80 Å². The van der Waals surface area contributed by atoms with Gasteiger partial charge in [0.2, 0.25) is 5.82 Å². The highest BCUT2D eigenvalue weighted by molar-refractivity contribution is 5.99. The van der Waals surface area contributed by atoms with Crippen molar-refractivity contribution in [1.82, 2.24) is 20.2 Å². The van der Waals surface area contributed by atoms with Crippen LogP contribution < -0.4 is 5.73 Å². The predicted molar refractivity (Wildman–Crippen MR) is 70.7 cm³/mol. The standard InChI is InChI=1S/C13H11FN6O/c1-8(16)11(6-15)12(21)7-20-18-13(17-19-20)9-2-4-10(14)5-3-9/h2-5H,7,16H2,1H3/b11-8+. The molecule has 0 saturated heterocycles. The quantitative estimate of drug-likeness (QED) is 0.657. The summed E-state index contributed by atoms with van der Waals surface area (Å²) in [4.78, 5) is 12.9. The number of nitriles is 1. The van der Waals surface area contributed by atoms with Gasteiger partial charge in [0.1, 0.15) is 24.0 Å². The molecule has 0 saturated carbocycles. The summed E-state index contributed by atoms with van der Waals surface area (Å²) in [6.45, 7) is 1.22. The lowest BCUT2D eigenvalue weighted by Gasteiger charge is -1.99. The second kappa shape index (κ2) is 5.92. The number of nitrogens with zero attached hydrogens (tertiary/aromatic N) is 5. The van der Waals surface area contributed by atoms with Crippen LogP contribution in [0.25, 0.3) is 11.4 Å².